The Morgan fingerprint density at radius 2 is 1.86 bits per heavy atom. The van der Waals surface area contributed by atoms with Crippen molar-refractivity contribution >= 4 is 6.09 Å². The van der Waals surface area contributed by atoms with E-state index in [4.69, 9.17) is 4.74 Å². The van der Waals surface area contributed by atoms with E-state index in [0.717, 1.165) is 13.0 Å². The molecule has 1 aromatic rings. The first kappa shape index (κ1) is 17.8. The summed E-state index contributed by atoms with van der Waals surface area (Å²) in [6.45, 7) is 4.52. The number of carbonyl (C=O) groups excluding carboxylic acids is 1. The van der Waals surface area contributed by atoms with Crippen molar-refractivity contribution in [2.45, 2.75) is 25.7 Å². The van der Waals surface area contributed by atoms with Crippen LogP contribution in [-0.2, 0) is 11.2 Å². The third-order valence-electron chi connectivity index (χ3n) is 3.78. The van der Waals surface area contributed by atoms with Crippen molar-refractivity contribution in [2.24, 2.45) is 0 Å². The summed E-state index contributed by atoms with van der Waals surface area (Å²) >= 11 is 0. The summed E-state index contributed by atoms with van der Waals surface area (Å²) in [5.41, 5.74) is 1.23. The van der Waals surface area contributed by atoms with Gasteiger partial charge in [-0.15, -0.1) is 0 Å². The van der Waals surface area contributed by atoms with Crippen LogP contribution >= 0.6 is 0 Å². The molecular formula is C16H25ClN2O2. The molecule has 1 heterocycles. The van der Waals surface area contributed by atoms with Crippen LogP contribution in [0.3, 0.4) is 0 Å². The minimum atomic E-state index is -0.294. The number of quaternary nitrogens is 1. The number of ether oxygens (including phenoxy) is 1. The molecule has 0 aromatic heterocycles. The molecule has 1 aliphatic heterocycles. The summed E-state index contributed by atoms with van der Waals surface area (Å²) in [5.74, 6) is 0. The Hall–Kier alpha value is -1.26. The fraction of sp³-hybridized carbons (Fsp3) is 0.562. The van der Waals surface area contributed by atoms with Gasteiger partial charge in [0, 0.05) is 6.54 Å². The van der Waals surface area contributed by atoms with Crippen molar-refractivity contribution in [3.8, 4) is 0 Å². The van der Waals surface area contributed by atoms with Crippen molar-refractivity contribution in [2.75, 3.05) is 32.8 Å². The number of alkyl carbamates (subject to hydrolysis) is 1. The van der Waals surface area contributed by atoms with E-state index in [-0.39, 0.29) is 18.5 Å². The van der Waals surface area contributed by atoms with Gasteiger partial charge in [-0.25, -0.2) is 4.79 Å². The van der Waals surface area contributed by atoms with Crippen LogP contribution in [0.25, 0.3) is 0 Å². The molecule has 4 nitrogen and oxygen atoms in total. The number of nitrogens with one attached hydrogen (secondary N) is 2. The molecule has 1 saturated heterocycles. The molecule has 2 rings (SSSR count). The minimum absolute atomic E-state index is 0. The quantitative estimate of drug-likeness (QED) is 0.640. The van der Waals surface area contributed by atoms with Gasteiger partial charge in [0.25, 0.3) is 0 Å². The first-order valence-corrected chi connectivity index (χ1v) is 7.63. The van der Waals surface area contributed by atoms with Crippen molar-refractivity contribution < 1.29 is 26.8 Å². The van der Waals surface area contributed by atoms with E-state index < -0.39 is 0 Å². The van der Waals surface area contributed by atoms with Gasteiger partial charge in [-0.05, 0) is 31.2 Å². The normalized spacial score (nSPS) is 15.0. The summed E-state index contributed by atoms with van der Waals surface area (Å²) in [7, 11) is 0. The second-order valence-electron chi connectivity index (χ2n) is 5.36. The molecule has 118 valence electrons. The van der Waals surface area contributed by atoms with E-state index in [1.807, 2.05) is 18.2 Å². The third-order valence-corrected chi connectivity index (χ3v) is 3.78. The molecule has 21 heavy (non-hydrogen) atoms. The Bertz CT molecular complexity index is 395. The highest BCUT2D eigenvalue weighted by molar-refractivity contribution is 5.67. The molecule has 1 aromatic carbocycles. The van der Waals surface area contributed by atoms with Crippen molar-refractivity contribution in [3.05, 3.63) is 35.9 Å². The number of hydrogen-bond donors (Lipinski definition) is 2. The summed E-state index contributed by atoms with van der Waals surface area (Å²) in [6.07, 6.45) is 4.51. The number of amides is 1. The molecule has 0 spiro atoms. The monoisotopic (exact) mass is 312 g/mol. The van der Waals surface area contributed by atoms with Gasteiger partial charge in [-0.2, -0.15) is 0 Å². The maximum absolute atomic E-state index is 11.5. The molecule has 5 heteroatoms. The number of rotatable bonds is 6. The maximum atomic E-state index is 11.5. The average Bonchev–Trinajstić information content (AvgIpc) is 2.49. The minimum Gasteiger partial charge on any atom is -1.00 e. The Kier molecular flexibility index (Phi) is 8.87. The van der Waals surface area contributed by atoms with Gasteiger partial charge < -0.3 is 27.4 Å². The lowest BCUT2D eigenvalue weighted by atomic mass is 10.1. The highest BCUT2D eigenvalue weighted by atomic mass is 35.5. The van der Waals surface area contributed by atoms with Crippen LogP contribution in [0.4, 0.5) is 4.79 Å². The van der Waals surface area contributed by atoms with E-state index in [2.05, 4.69) is 17.4 Å². The van der Waals surface area contributed by atoms with E-state index in [9.17, 15) is 4.79 Å². The lowest BCUT2D eigenvalue weighted by Gasteiger charge is -2.23. The van der Waals surface area contributed by atoms with Crippen LogP contribution in [0.15, 0.2) is 30.3 Å². The molecule has 1 fully saturated rings. The van der Waals surface area contributed by atoms with E-state index in [1.165, 1.54) is 37.9 Å². The van der Waals surface area contributed by atoms with Crippen LogP contribution in [0.2, 0.25) is 0 Å². The van der Waals surface area contributed by atoms with Crippen LogP contribution in [0, 0.1) is 0 Å². The predicted octanol–water partition coefficient (Wildman–Crippen LogP) is -1.97. The molecule has 0 aliphatic carbocycles. The molecule has 0 atom stereocenters. The van der Waals surface area contributed by atoms with Crippen LogP contribution in [-0.4, -0.2) is 38.9 Å². The Morgan fingerprint density at radius 1 is 1.14 bits per heavy atom. The Morgan fingerprint density at radius 3 is 2.57 bits per heavy atom. The molecular weight excluding hydrogens is 288 g/mol. The third kappa shape index (κ3) is 7.34. The molecule has 1 amide bonds. The number of benzene rings is 1. The van der Waals surface area contributed by atoms with E-state index >= 15 is 0 Å². The van der Waals surface area contributed by atoms with Crippen LogP contribution in [0.1, 0.15) is 24.8 Å². The predicted molar refractivity (Wildman–Crippen MR) is 78.9 cm³/mol. The second kappa shape index (κ2) is 10.5. The first-order valence-electron chi connectivity index (χ1n) is 7.63. The number of hydrogen-bond acceptors (Lipinski definition) is 2. The average molecular weight is 313 g/mol. The van der Waals surface area contributed by atoms with Gasteiger partial charge in [0.15, 0.2) is 0 Å². The standard InChI is InChI=1S/C16H24N2O2.ClH/c19-16(17-10-9-15-7-3-1-4-8-15)20-14-13-18-11-5-2-6-12-18;/h1,3-4,7-8H,2,5-6,9-14H2,(H,17,19);1H. The van der Waals surface area contributed by atoms with E-state index in [1.54, 1.807) is 4.90 Å². The molecule has 0 unspecified atom stereocenters. The highest BCUT2D eigenvalue weighted by Gasteiger charge is 2.13. The number of halogens is 1. The molecule has 0 radical (unpaired) electrons. The summed E-state index contributed by atoms with van der Waals surface area (Å²) < 4.78 is 5.21. The van der Waals surface area contributed by atoms with E-state index in [0.29, 0.717) is 13.2 Å². The fourth-order valence-corrected chi connectivity index (χ4v) is 2.59. The summed E-state index contributed by atoms with van der Waals surface area (Å²) in [6, 6.07) is 10.1. The zero-order valence-corrected chi connectivity index (χ0v) is 13.2. The zero-order chi connectivity index (χ0) is 14.0. The molecule has 0 saturated carbocycles. The fourth-order valence-electron chi connectivity index (χ4n) is 2.59. The van der Waals surface area contributed by atoms with Gasteiger partial charge in [-0.3, -0.25) is 0 Å². The summed E-state index contributed by atoms with van der Waals surface area (Å²) in [5, 5.41) is 2.80. The molecule has 2 N–H and O–H groups in total. The highest BCUT2D eigenvalue weighted by Crippen LogP contribution is 1.98. The van der Waals surface area contributed by atoms with Gasteiger partial charge >= 0.3 is 6.09 Å². The van der Waals surface area contributed by atoms with Crippen LogP contribution in [0.5, 0.6) is 0 Å². The van der Waals surface area contributed by atoms with Crippen molar-refractivity contribution in [3.63, 3.8) is 0 Å². The Balaban J connectivity index is 0.00000220. The van der Waals surface area contributed by atoms with Gasteiger partial charge in [0.2, 0.25) is 0 Å². The van der Waals surface area contributed by atoms with Gasteiger partial charge in [0.05, 0.1) is 13.1 Å². The topological polar surface area (TPSA) is 42.8 Å². The van der Waals surface area contributed by atoms with Crippen molar-refractivity contribution in [1.82, 2.24) is 5.32 Å². The largest absolute Gasteiger partial charge is 1.00 e. The lowest BCUT2D eigenvalue weighted by molar-refractivity contribution is -0.905. The maximum Gasteiger partial charge on any atom is 0.407 e. The smallest absolute Gasteiger partial charge is 0.407 e. The van der Waals surface area contributed by atoms with Crippen molar-refractivity contribution in [1.29, 1.82) is 0 Å². The molecule has 1 aliphatic rings. The zero-order valence-electron chi connectivity index (χ0n) is 12.4. The second-order valence-corrected chi connectivity index (χ2v) is 5.36. The number of likely N-dealkylation sites (tertiary alicyclic amines) is 1. The molecule has 0 bridgehead atoms. The summed E-state index contributed by atoms with van der Waals surface area (Å²) in [4.78, 5) is 13.1. The number of piperidine rings is 1. The lowest BCUT2D eigenvalue weighted by Crippen LogP contribution is -3.13. The Labute approximate surface area is 133 Å². The van der Waals surface area contributed by atoms with Gasteiger partial charge in [0.1, 0.15) is 13.2 Å². The van der Waals surface area contributed by atoms with Crippen LogP contribution < -0.4 is 22.6 Å². The number of carbonyl (C=O) groups is 1. The SMILES string of the molecule is O=C(NCCc1ccccc1)OCC[NH+]1CCCCC1.[Cl-]. The first-order chi connectivity index (χ1) is 9.84. The van der Waals surface area contributed by atoms with Gasteiger partial charge in [-0.1, -0.05) is 30.3 Å².